The summed E-state index contributed by atoms with van der Waals surface area (Å²) in [5.74, 6) is 0.881. The summed E-state index contributed by atoms with van der Waals surface area (Å²) in [6, 6.07) is 2.00. The number of furan rings is 1. The van der Waals surface area contributed by atoms with E-state index in [0.717, 1.165) is 19.0 Å². The molecule has 78 valence electrons. The minimum atomic E-state index is 0.881. The molecule has 0 bridgehead atoms. The second kappa shape index (κ2) is 5.17. The van der Waals surface area contributed by atoms with Gasteiger partial charge in [-0.2, -0.15) is 0 Å². The molecule has 1 fully saturated rings. The third-order valence-electron chi connectivity index (χ3n) is 2.80. The molecule has 1 saturated heterocycles. The van der Waals surface area contributed by atoms with E-state index in [1.807, 2.05) is 6.07 Å². The van der Waals surface area contributed by atoms with Crippen molar-refractivity contribution in [2.45, 2.75) is 19.4 Å². The zero-order valence-corrected chi connectivity index (χ0v) is 8.46. The van der Waals surface area contributed by atoms with E-state index in [1.165, 1.54) is 31.5 Å². The molecule has 0 saturated carbocycles. The maximum atomic E-state index is 4.99. The third kappa shape index (κ3) is 2.86. The monoisotopic (exact) mass is 194 g/mol. The summed E-state index contributed by atoms with van der Waals surface area (Å²) in [5, 5.41) is 6.81. The standard InChI is InChI=1S/C11H18N2O/c1-4-12-7-10(1)2-5-13-8-11-3-6-14-9-11/h3,6,9-10,12-13H,1-2,4-5,7-8H2. The second-order valence-electron chi connectivity index (χ2n) is 3.96. The number of hydrogen-bond donors (Lipinski definition) is 2. The molecule has 0 amide bonds. The van der Waals surface area contributed by atoms with Crippen LogP contribution in [0.2, 0.25) is 0 Å². The van der Waals surface area contributed by atoms with E-state index in [4.69, 9.17) is 4.42 Å². The highest BCUT2D eigenvalue weighted by molar-refractivity contribution is 5.04. The van der Waals surface area contributed by atoms with E-state index < -0.39 is 0 Å². The first-order valence-corrected chi connectivity index (χ1v) is 5.37. The average molecular weight is 194 g/mol. The molecule has 1 aromatic rings. The van der Waals surface area contributed by atoms with E-state index in [1.54, 1.807) is 12.5 Å². The van der Waals surface area contributed by atoms with Crippen LogP contribution < -0.4 is 10.6 Å². The highest BCUT2D eigenvalue weighted by Crippen LogP contribution is 2.10. The van der Waals surface area contributed by atoms with Crippen LogP contribution in [0.5, 0.6) is 0 Å². The van der Waals surface area contributed by atoms with Gasteiger partial charge in [0.1, 0.15) is 0 Å². The number of rotatable bonds is 5. The van der Waals surface area contributed by atoms with Crippen LogP contribution in [0.1, 0.15) is 18.4 Å². The van der Waals surface area contributed by atoms with Gasteiger partial charge in [-0.1, -0.05) is 0 Å². The highest BCUT2D eigenvalue weighted by atomic mass is 16.3. The first-order valence-electron chi connectivity index (χ1n) is 5.37. The molecule has 2 heterocycles. The Kier molecular flexibility index (Phi) is 3.60. The Morgan fingerprint density at radius 2 is 2.57 bits per heavy atom. The third-order valence-corrected chi connectivity index (χ3v) is 2.80. The lowest BCUT2D eigenvalue weighted by Crippen LogP contribution is -2.18. The Labute approximate surface area is 84.9 Å². The van der Waals surface area contributed by atoms with Gasteiger partial charge in [0.15, 0.2) is 0 Å². The topological polar surface area (TPSA) is 37.2 Å². The summed E-state index contributed by atoms with van der Waals surface area (Å²) < 4.78 is 4.99. The van der Waals surface area contributed by atoms with E-state index in [-0.39, 0.29) is 0 Å². The van der Waals surface area contributed by atoms with Crippen molar-refractivity contribution in [1.82, 2.24) is 10.6 Å². The van der Waals surface area contributed by atoms with Crippen LogP contribution in [0.3, 0.4) is 0 Å². The molecule has 3 nitrogen and oxygen atoms in total. The van der Waals surface area contributed by atoms with Gasteiger partial charge in [-0.05, 0) is 44.5 Å². The summed E-state index contributed by atoms with van der Waals surface area (Å²) in [4.78, 5) is 0. The molecule has 3 heteroatoms. The lowest BCUT2D eigenvalue weighted by Gasteiger charge is -2.08. The van der Waals surface area contributed by atoms with E-state index in [0.29, 0.717) is 0 Å². The summed E-state index contributed by atoms with van der Waals surface area (Å²) in [6.07, 6.45) is 6.14. The van der Waals surface area contributed by atoms with Gasteiger partial charge in [0.2, 0.25) is 0 Å². The maximum absolute atomic E-state index is 4.99. The Morgan fingerprint density at radius 1 is 1.57 bits per heavy atom. The van der Waals surface area contributed by atoms with Gasteiger partial charge >= 0.3 is 0 Å². The molecule has 1 unspecified atom stereocenters. The van der Waals surface area contributed by atoms with Crippen molar-refractivity contribution < 1.29 is 4.42 Å². The summed E-state index contributed by atoms with van der Waals surface area (Å²) >= 11 is 0. The molecular weight excluding hydrogens is 176 g/mol. The lowest BCUT2D eigenvalue weighted by atomic mass is 10.1. The second-order valence-corrected chi connectivity index (χ2v) is 3.96. The fraction of sp³-hybridized carbons (Fsp3) is 0.636. The molecule has 2 rings (SSSR count). The molecule has 1 aliphatic heterocycles. The SMILES string of the molecule is c1cc(CNCCC2CCNC2)co1. The molecule has 0 spiro atoms. The molecule has 2 N–H and O–H groups in total. The van der Waals surface area contributed by atoms with Crippen molar-refractivity contribution in [3.8, 4) is 0 Å². The van der Waals surface area contributed by atoms with Crippen LogP contribution >= 0.6 is 0 Å². The van der Waals surface area contributed by atoms with Crippen molar-refractivity contribution in [2.24, 2.45) is 5.92 Å². The first kappa shape index (κ1) is 9.74. The van der Waals surface area contributed by atoms with Crippen molar-refractivity contribution >= 4 is 0 Å². The lowest BCUT2D eigenvalue weighted by molar-refractivity contribution is 0.498. The zero-order valence-electron chi connectivity index (χ0n) is 8.46. The van der Waals surface area contributed by atoms with Crippen LogP contribution in [-0.4, -0.2) is 19.6 Å². The predicted octanol–water partition coefficient (Wildman–Crippen LogP) is 1.37. The fourth-order valence-electron chi connectivity index (χ4n) is 1.89. The molecule has 0 radical (unpaired) electrons. The van der Waals surface area contributed by atoms with Gasteiger partial charge in [0.25, 0.3) is 0 Å². The van der Waals surface area contributed by atoms with E-state index in [9.17, 15) is 0 Å². The summed E-state index contributed by atoms with van der Waals surface area (Å²) in [6.45, 7) is 4.44. The van der Waals surface area contributed by atoms with Crippen LogP contribution in [-0.2, 0) is 6.54 Å². The Morgan fingerprint density at radius 3 is 3.29 bits per heavy atom. The van der Waals surface area contributed by atoms with Gasteiger partial charge in [-0.25, -0.2) is 0 Å². The normalized spacial score (nSPS) is 21.6. The Bertz CT molecular complexity index is 240. The maximum Gasteiger partial charge on any atom is 0.0947 e. The van der Waals surface area contributed by atoms with Crippen LogP contribution in [0.25, 0.3) is 0 Å². The molecule has 1 aliphatic rings. The number of nitrogens with one attached hydrogen (secondary N) is 2. The van der Waals surface area contributed by atoms with E-state index in [2.05, 4.69) is 10.6 Å². The predicted molar refractivity (Wildman–Crippen MR) is 56.0 cm³/mol. The quantitative estimate of drug-likeness (QED) is 0.695. The van der Waals surface area contributed by atoms with Gasteiger partial charge < -0.3 is 15.1 Å². The molecule has 0 aliphatic carbocycles. The molecule has 1 aromatic heterocycles. The first-order chi connectivity index (χ1) is 6.95. The Hall–Kier alpha value is -0.800. The number of hydrogen-bond acceptors (Lipinski definition) is 3. The minimum absolute atomic E-state index is 0.881. The van der Waals surface area contributed by atoms with Crippen molar-refractivity contribution in [2.75, 3.05) is 19.6 Å². The average Bonchev–Trinajstić information content (AvgIpc) is 2.86. The van der Waals surface area contributed by atoms with Gasteiger partial charge in [0.05, 0.1) is 12.5 Å². The summed E-state index contributed by atoms with van der Waals surface area (Å²) in [5.41, 5.74) is 1.23. The molecule has 1 atom stereocenters. The van der Waals surface area contributed by atoms with Gasteiger partial charge in [-0.15, -0.1) is 0 Å². The van der Waals surface area contributed by atoms with Gasteiger partial charge in [0, 0.05) is 12.1 Å². The molecular formula is C11H18N2O. The minimum Gasteiger partial charge on any atom is -0.472 e. The van der Waals surface area contributed by atoms with Crippen molar-refractivity contribution in [3.05, 3.63) is 24.2 Å². The van der Waals surface area contributed by atoms with Crippen molar-refractivity contribution in [1.29, 1.82) is 0 Å². The van der Waals surface area contributed by atoms with Crippen LogP contribution in [0, 0.1) is 5.92 Å². The summed E-state index contributed by atoms with van der Waals surface area (Å²) in [7, 11) is 0. The smallest absolute Gasteiger partial charge is 0.0947 e. The van der Waals surface area contributed by atoms with Crippen molar-refractivity contribution in [3.63, 3.8) is 0 Å². The fourth-order valence-corrected chi connectivity index (χ4v) is 1.89. The largest absolute Gasteiger partial charge is 0.472 e. The van der Waals surface area contributed by atoms with E-state index >= 15 is 0 Å². The highest BCUT2D eigenvalue weighted by Gasteiger charge is 2.12. The Balaban J connectivity index is 1.55. The van der Waals surface area contributed by atoms with Crippen LogP contribution in [0.4, 0.5) is 0 Å². The molecule has 14 heavy (non-hydrogen) atoms. The molecule has 0 aromatic carbocycles. The van der Waals surface area contributed by atoms with Crippen LogP contribution in [0.15, 0.2) is 23.0 Å². The zero-order chi connectivity index (χ0) is 9.64. The van der Waals surface area contributed by atoms with Gasteiger partial charge in [-0.3, -0.25) is 0 Å².